The second-order valence-corrected chi connectivity index (χ2v) is 2.60. The lowest BCUT2D eigenvalue weighted by molar-refractivity contribution is 1.05. The van der Waals surface area contributed by atoms with Gasteiger partial charge in [-0.25, -0.2) is 4.98 Å². The molecule has 0 fully saturated rings. The average Bonchev–Trinajstić information content (AvgIpc) is 2.14. The van der Waals surface area contributed by atoms with E-state index in [-0.39, 0.29) is 5.56 Å². The van der Waals surface area contributed by atoms with Gasteiger partial charge in [-0.1, -0.05) is 32.6 Å². The Morgan fingerprint density at radius 2 is 2.14 bits per heavy atom. The fourth-order valence-corrected chi connectivity index (χ4v) is 0.809. The van der Waals surface area contributed by atoms with Gasteiger partial charge in [0.1, 0.15) is 0 Å². The zero-order valence-corrected chi connectivity index (χ0v) is 8.92. The van der Waals surface area contributed by atoms with Crippen molar-refractivity contribution < 1.29 is 0 Å². The summed E-state index contributed by atoms with van der Waals surface area (Å²) >= 11 is 0. The van der Waals surface area contributed by atoms with Crippen LogP contribution in [0.1, 0.15) is 20.8 Å². The molecule has 1 aromatic heterocycles. The second-order valence-electron chi connectivity index (χ2n) is 2.60. The summed E-state index contributed by atoms with van der Waals surface area (Å²) in [6.07, 6.45) is 2.94. The molecule has 0 spiro atoms. The molecule has 0 saturated heterocycles. The molecule has 1 rings (SSSR count). The number of aromatic nitrogens is 2. The topological polar surface area (TPSA) is 45.8 Å². The maximum Gasteiger partial charge on any atom is 0.266 e. The fourth-order valence-electron chi connectivity index (χ4n) is 0.809. The summed E-state index contributed by atoms with van der Waals surface area (Å²) in [5, 5.41) is 1.17. The molecule has 0 aliphatic carbocycles. The zero-order valence-electron chi connectivity index (χ0n) is 8.92. The first-order valence-corrected chi connectivity index (χ1v) is 4.51. The third-order valence-corrected chi connectivity index (χ3v) is 1.30. The maximum atomic E-state index is 10.8. The Labute approximate surface area is 83.5 Å². The molecule has 3 heteroatoms. The molecule has 0 atom stereocenters. The van der Waals surface area contributed by atoms with Crippen molar-refractivity contribution in [2.45, 2.75) is 20.8 Å². The van der Waals surface area contributed by atoms with Crippen molar-refractivity contribution in [1.29, 1.82) is 0 Å². The monoisotopic (exact) mass is 192 g/mol. The van der Waals surface area contributed by atoms with Crippen LogP contribution in [0.15, 0.2) is 23.1 Å². The number of nitrogens with zero attached hydrogens (tertiary/aromatic N) is 1. The van der Waals surface area contributed by atoms with E-state index in [1.54, 1.807) is 6.08 Å². The summed E-state index contributed by atoms with van der Waals surface area (Å²) in [6, 6.07) is 0. The third-order valence-electron chi connectivity index (χ3n) is 1.30. The highest BCUT2D eigenvalue weighted by molar-refractivity contribution is 5.40. The van der Waals surface area contributed by atoms with E-state index >= 15 is 0 Å². The predicted octanol–water partition coefficient (Wildman–Crippen LogP) is 0.563. The minimum absolute atomic E-state index is 0.227. The Balaban J connectivity index is 0.000000791. The van der Waals surface area contributed by atoms with Crippen molar-refractivity contribution in [3.05, 3.63) is 39.4 Å². The van der Waals surface area contributed by atoms with E-state index in [2.05, 4.69) is 23.1 Å². The molecule has 0 saturated carbocycles. The van der Waals surface area contributed by atoms with E-state index < -0.39 is 0 Å². The first-order chi connectivity index (χ1) is 6.59. The van der Waals surface area contributed by atoms with Gasteiger partial charge in [-0.2, -0.15) is 0 Å². The summed E-state index contributed by atoms with van der Waals surface area (Å²) < 4.78 is 0. The van der Waals surface area contributed by atoms with Crippen molar-refractivity contribution in [1.82, 2.24) is 9.97 Å². The van der Waals surface area contributed by atoms with Gasteiger partial charge >= 0.3 is 0 Å². The van der Waals surface area contributed by atoms with Crippen LogP contribution in [0.25, 0.3) is 12.7 Å². The molecule has 0 aliphatic rings. The van der Waals surface area contributed by atoms with Crippen molar-refractivity contribution >= 4 is 12.7 Å². The molecule has 0 amide bonds. The fraction of sp³-hybridized carbons (Fsp3) is 0.273. The Kier molecular flexibility index (Phi) is 5.22. The average molecular weight is 192 g/mol. The van der Waals surface area contributed by atoms with Crippen LogP contribution in [0, 0.1) is 0 Å². The molecular formula is C11H16N2O. The first-order valence-electron chi connectivity index (χ1n) is 4.51. The van der Waals surface area contributed by atoms with Gasteiger partial charge in [-0.05, 0) is 13.0 Å². The van der Waals surface area contributed by atoms with E-state index in [1.165, 1.54) is 6.20 Å². The quantitative estimate of drug-likeness (QED) is 0.706. The minimum atomic E-state index is -0.227. The van der Waals surface area contributed by atoms with Crippen LogP contribution in [-0.2, 0) is 0 Å². The van der Waals surface area contributed by atoms with Crippen LogP contribution < -0.4 is 16.3 Å². The van der Waals surface area contributed by atoms with Crippen molar-refractivity contribution in [3.63, 3.8) is 0 Å². The van der Waals surface area contributed by atoms with Crippen LogP contribution >= 0.6 is 0 Å². The van der Waals surface area contributed by atoms with Gasteiger partial charge in [-0.3, -0.25) is 4.79 Å². The van der Waals surface area contributed by atoms with Crippen LogP contribution in [0.5, 0.6) is 0 Å². The Bertz CT molecular complexity index is 457. The predicted molar refractivity (Wildman–Crippen MR) is 60.3 cm³/mol. The lowest BCUT2D eigenvalue weighted by Gasteiger charge is -1.88. The third kappa shape index (κ3) is 3.85. The summed E-state index contributed by atoms with van der Waals surface area (Å²) in [5.41, 5.74) is 0.624. The molecule has 76 valence electrons. The van der Waals surface area contributed by atoms with Crippen molar-refractivity contribution in [3.8, 4) is 0 Å². The van der Waals surface area contributed by atoms with Crippen LogP contribution in [0.3, 0.4) is 0 Å². The van der Waals surface area contributed by atoms with E-state index in [4.69, 9.17) is 0 Å². The number of H-pyrrole nitrogens is 1. The number of aromatic amines is 1. The smallest absolute Gasteiger partial charge is 0.266 e. The van der Waals surface area contributed by atoms with Crippen LogP contribution in [0.4, 0.5) is 0 Å². The SMILES string of the molecule is C=C(C)/C=c1/[nH]c(=O)cnc1=C.CC. The summed E-state index contributed by atoms with van der Waals surface area (Å²) in [7, 11) is 0. The minimum Gasteiger partial charge on any atom is -0.319 e. The molecule has 1 heterocycles. The molecule has 0 aromatic carbocycles. The summed E-state index contributed by atoms with van der Waals surface area (Å²) in [6.45, 7) is 13.2. The number of rotatable bonds is 1. The Morgan fingerprint density at radius 1 is 1.57 bits per heavy atom. The van der Waals surface area contributed by atoms with Gasteiger partial charge in [0.05, 0.1) is 16.9 Å². The van der Waals surface area contributed by atoms with Gasteiger partial charge in [-0.15, -0.1) is 0 Å². The molecular weight excluding hydrogens is 176 g/mol. The number of nitrogens with one attached hydrogen (secondary N) is 1. The first kappa shape index (κ1) is 12.4. The summed E-state index contributed by atoms with van der Waals surface area (Å²) in [4.78, 5) is 17.2. The second kappa shape index (κ2) is 5.91. The van der Waals surface area contributed by atoms with Gasteiger partial charge in [0.2, 0.25) is 0 Å². The lowest BCUT2D eigenvalue weighted by atomic mass is 10.3. The van der Waals surface area contributed by atoms with Gasteiger partial charge in [0, 0.05) is 0 Å². The van der Waals surface area contributed by atoms with Crippen molar-refractivity contribution in [2.75, 3.05) is 0 Å². The largest absolute Gasteiger partial charge is 0.319 e. The van der Waals surface area contributed by atoms with Gasteiger partial charge in [0.25, 0.3) is 5.56 Å². The van der Waals surface area contributed by atoms with E-state index in [0.29, 0.717) is 10.7 Å². The molecule has 0 bridgehead atoms. The maximum absolute atomic E-state index is 10.8. The highest BCUT2D eigenvalue weighted by Crippen LogP contribution is 1.83. The molecule has 1 aromatic rings. The van der Waals surface area contributed by atoms with Crippen LogP contribution in [-0.4, -0.2) is 9.97 Å². The normalized spacial score (nSPS) is 10.4. The molecule has 0 unspecified atom stereocenters. The number of hydrogen-bond acceptors (Lipinski definition) is 2. The van der Waals surface area contributed by atoms with Gasteiger partial charge < -0.3 is 4.98 Å². The lowest BCUT2D eigenvalue weighted by Crippen LogP contribution is -2.35. The molecule has 3 nitrogen and oxygen atoms in total. The zero-order chi connectivity index (χ0) is 11.1. The standard InChI is InChI=1S/C9H10N2O.C2H6/c1-6(2)4-8-7(3)10-5-9(12)11-8;1-2/h4-5H,1,3H2,2H3,(H,11,12);1-2H3/b8-4+;. The highest BCUT2D eigenvalue weighted by atomic mass is 16.1. The number of hydrogen-bond donors (Lipinski definition) is 1. The Morgan fingerprint density at radius 3 is 2.64 bits per heavy atom. The van der Waals surface area contributed by atoms with E-state index in [9.17, 15) is 4.79 Å². The number of allylic oxidation sites excluding steroid dienone is 1. The van der Waals surface area contributed by atoms with E-state index in [1.807, 2.05) is 20.8 Å². The molecule has 1 N–H and O–H groups in total. The highest BCUT2D eigenvalue weighted by Gasteiger charge is 1.85. The molecule has 0 aliphatic heterocycles. The van der Waals surface area contributed by atoms with Gasteiger partial charge in [0.15, 0.2) is 0 Å². The Hall–Kier alpha value is -1.64. The summed E-state index contributed by atoms with van der Waals surface area (Å²) in [5.74, 6) is 0. The molecule has 0 radical (unpaired) electrons. The van der Waals surface area contributed by atoms with E-state index in [0.717, 1.165) is 5.57 Å². The molecule has 14 heavy (non-hydrogen) atoms. The van der Waals surface area contributed by atoms with Crippen molar-refractivity contribution in [2.24, 2.45) is 0 Å². The van der Waals surface area contributed by atoms with Crippen LogP contribution in [0.2, 0.25) is 0 Å².